The second-order valence-corrected chi connectivity index (χ2v) is 14.7. The number of aromatic amines is 1. The first-order valence-corrected chi connectivity index (χ1v) is 17.1. The van der Waals surface area contributed by atoms with E-state index in [1.807, 2.05) is 24.3 Å². The van der Waals surface area contributed by atoms with Gasteiger partial charge in [0.25, 0.3) is 5.91 Å². The molecule has 7 atom stereocenters. The van der Waals surface area contributed by atoms with Crippen LogP contribution in [0.15, 0.2) is 82.6 Å². The van der Waals surface area contributed by atoms with Crippen molar-refractivity contribution >= 4 is 63.8 Å². The van der Waals surface area contributed by atoms with Crippen molar-refractivity contribution in [3.05, 3.63) is 97.9 Å². The van der Waals surface area contributed by atoms with E-state index in [0.717, 1.165) is 21.9 Å². The Balaban J connectivity index is 1.11. The number of halogens is 1. The molecule has 0 unspecified atom stereocenters. The van der Waals surface area contributed by atoms with Crippen LogP contribution in [0.2, 0.25) is 5.02 Å². The molecule has 46 heavy (non-hydrogen) atoms. The number of para-hydroxylation sites is 1. The lowest BCUT2D eigenvalue weighted by atomic mass is 9.68. The fourth-order valence-electron chi connectivity index (χ4n) is 8.09. The molecule has 2 N–H and O–H groups in total. The van der Waals surface area contributed by atoms with Crippen molar-refractivity contribution in [2.45, 2.75) is 22.6 Å². The number of H-pyrrole nitrogens is 1. The van der Waals surface area contributed by atoms with Crippen molar-refractivity contribution in [1.29, 1.82) is 0 Å². The molecule has 4 aromatic rings. The minimum absolute atomic E-state index is 0.00425. The van der Waals surface area contributed by atoms with Gasteiger partial charge < -0.3 is 19.8 Å². The summed E-state index contributed by atoms with van der Waals surface area (Å²) < 4.78 is 11.4. The van der Waals surface area contributed by atoms with Crippen molar-refractivity contribution in [2.75, 3.05) is 23.9 Å². The number of methoxy groups -OCH3 is 1. The number of carbonyl (C=O) groups excluding carboxylic acids is 3. The number of nitrogens with one attached hydrogen (secondary N) is 2. The van der Waals surface area contributed by atoms with E-state index >= 15 is 0 Å². The molecule has 4 aliphatic rings. The zero-order valence-corrected chi connectivity index (χ0v) is 26.9. The number of nitrogens with zero attached hydrogens (tertiary/aromatic N) is 1. The van der Waals surface area contributed by atoms with Gasteiger partial charge in [-0.3, -0.25) is 24.1 Å². The first-order valence-electron chi connectivity index (χ1n) is 15.0. The molecule has 2 aliphatic carbocycles. The van der Waals surface area contributed by atoms with Crippen LogP contribution in [0.1, 0.15) is 22.8 Å². The maximum absolute atomic E-state index is 14.1. The van der Waals surface area contributed by atoms with Gasteiger partial charge in [0, 0.05) is 32.3 Å². The van der Waals surface area contributed by atoms with E-state index in [9.17, 15) is 19.2 Å². The van der Waals surface area contributed by atoms with Gasteiger partial charge in [-0.05, 0) is 78.8 Å². The molecule has 3 fully saturated rings. The highest BCUT2D eigenvalue weighted by atomic mass is 35.5. The van der Waals surface area contributed by atoms with E-state index in [2.05, 4.69) is 10.3 Å². The number of aromatic nitrogens is 1. The standard InChI is InChI=1S/C34H28ClN3O6S2/c1-43-19-12-10-18(11-13-19)38-32(40)27-21-14-22(28(27)33(38)41)29-26(21)25(30-31(45-29)37-34(42)46-30)20-4-2-3-5-23(20)44-15-24(39)36-17-8-6-16(35)7-9-17/h2-13,21-22,25-29H,14-15H2,1H3,(H,36,39)(H,37,42)/t21-,22-,25+,26-,27+,28+,29-/m1/s1. The first-order chi connectivity index (χ1) is 22.3. The van der Waals surface area contributed by atoms with E-state index in [1.165, 1.54) is 16.2 Å². The number of imide groups is 1. The highest BCUT2D eigenvalue weighted by molar-refractivity contribution is 8.00. The van der Waals surface area contributed by atoms with E-state index in [-0.39, 0.29) is 58.1 Å². The highest BCUT2D eigenvalue weighted by Crippen LogP contribution is 2.69. The lowest BCUT2D eigenvalue weighted by molar-refractivity contribution is -0.123. The minimum Gasteiger partial charge on any atom is -0.497 e. The summed E-state index contributed by atoms with van der Waals surface area (Å²) in [6, 6.07) is 21.4. The number of hydrogen-bond acceptors (Lipinski definition) is 8. The average molecular weight is 674 g/mol. The van der Waals surface area contributed by atoms with E-state index in [4.69, 9.17) is 21.1 Å². The van der Waals surface area contributed by atoms with Gasteiger partial charge >= 0.3 is 4.87 Å². The molecule has 8 rings (SSSR count). The second-order valence-electron chi connectivity index (χ2n) is 12.1. The summed E-state index contributed by atoms with van der Waals surface area (Å²) in [6.45, 7) is -0.216. The molecule has 2 aliphatic heterocycles. The molecular weight excluding hydrogens is 646 g/mol. The number of anilines is 2. The van der Waals surface area contributed by atoms with Crippen molar-refractivity contribution in [2.24, 2.45) is 29.6 Å². The number of benzene rings is 3. The van der Waals surface area contributed by atoms with Crippen LogP contribution in [0.25, 0.3) is 0 Å². The number of fused-ring (bicyclic) bond motifs is 9. The Labute approximate surface area is 277 Å². The van der Waals surface area contributed by atoms with Gasteiger partial charge in [0.2, 0.25) is 11.8 Å². The normalized spacial score (nSPS) is 27.3. The zero-order valence-electron chi connectivity index (χ0n) is 24.5. The van der Waals surface area contributed by atoms with Gasteiger partial charge in [-0.1, -0.05) is 41.1 Å². The Bertz CT molecular complexity index is 1930. The molecule has 9 nitrogen and oxygen atoms in total. The van der Waals surface area contributed by atoms with Crippen LogP contribution in [0.3, 0.4) is 0 Å². The molecule has 3 amide bonds. The summed E-state index contributed by atoms with van der Waals surface area (Å²) in [7, 11) is 1.57. The van der Waals surface area contributed by atoms with Crippen LogP contribution in [0.4, 0.5) is 11.4 Å². The third-order valence-corrected chi connectivity index (χ3v) is 12.6. The van der Waals surface area contributed by atoms with E-state index in [0.29, 0.717) is 27.9 Å². The van der Waals surface area contributed by atoms with Gasteiger partial charge in [-0.15, -0.1) is 11.8 Å². The Morgan fingerprint density at radius 3 is 2.43 bits per heavy atom. The topological polar surface area (TPSA) is 118 Å². The van der Waals surface area contributed by atoms with Crippen molar-refractivity contribution in [3.63, 3.8) is 0 Å². The van der Waals surface area contributed by atoms with Crippen LogP contribution >= 0.6 is 34.7 Å². The molecule has 234 valence electrons. The van der Waals surface area contributed by atoms with Crippen molar-refractivity contribution in [1.82, 2.24) is 4.98 Å². The lowest BCUT2D eigenvalue weighted by Gasteiger charge is -2.43. The summed E-state index contributed by atoms with van der Waals surface area (Å²) in [5, 5.41) is 4.24. The maximum atomic E-state index is 14.1. The number of thioether (sulfide) groups is 1. The Hall–Kier alpha value is -4.06. The largest absolute Gasteiger partial charge is 0.497 e. The van der Waals surface area contributed by atoms with Gasteiger partial charge in [0.1, 0.15) is 11.5 Å². The molecule has 0 radical (unpaired) electrons. The molecule has 3 heterocycles. The molecular formula is C34H28ClN3O6S2. The van der Waals surface area contributed by atoms with Crippen LogP contribution in [0, 0.1) is 29.6 Å². The summed E-state index contributed by atoms with van der Waals surface area (Å²) in [5.41, 5.74) is 2.02. The van der Waals surface area contributed by atoms with Crippen LogP contribution in [0.5, 0.6) is 11.5 Å². The Morgan fingerprint density at radius 1 is 0.978 bits per heavy atom. The Morgan fingerprint density at radius 2 is 1.70 bits per heavy atom. The fraction of sp³-hybridized carbons (Fsp3) is 0.294. The molecule has 2 bridgehead atoms. The van der Waals surface area contributed by atoms with Crippen LogP contribution in [-0.2, 0) is 14.4 Å². The number of hydrogen-bond donors (Lipinski definition) is 2. The highest BCUT2D eigenvalue weighted by Gasteiger charge is 2.69. The van der Waals surface area contributed by atoms with Crippen molar-refractivity contribution in [3.8, 4) is 11.5 Å². The molecule has 1 aromatic heterocycles. The van der Waals surface area contributed by atoms with Gasteiger partial charge in [0.05, 0.1) is 29.7 Å². The fourth-order valence-corrected chi connectivity index (χ4v) is 11.1. The monoisotopic (exact) mass is 673 g/mol. The van der Waals surface area contributed by atoms with Crippen molar-refractivity contribution < 1.29 is 23.9 Å². The second kappa shape index (κ2) is 11.3. The summed E-state index contributed by atoms with van der Waals surface area (Å²) in [5.74, 6) is -0.576. The quantitative estimate of drug-likeness (QED) is 0.238. The SMILES string of the molecule is COc1ccc(N2C(=O)[C@H]3[C@H]4C[C@@H]([C@@H]3C2=O)[C@@H]2[C@H](c3ccccc3OCC(=O)Nc3ccc(Cl)cc3)c3sc(=O)[nH]c3S[C@H]42)cc1. The lowest BCUT2D eigenvalue weighted by Crippen LogP contribution is -2.42. The predicted octanol–water partition coefficient (Wildman–Crippen LogP) is 5.79. The minimum atomic E-state index is -0.431. The van der Waals surface area contributed by atoms with E-state index in [1.54, 1.807) is 67.4 Å². The number of amides is 3. The summed E-state index contributed by atoms with van der Waals surface area (Å²) in [4.78, 5) is 58.7. The third-order valence-electron chi connectivity index (χ3n) is 9.80. The maximum Gasteiger partial charge on any atom is 0.305 e. The number of thiazole rings is 1. The average Bonchev–Trinajstić information content (AvgIpc) is 3.80. The molecule has 0 spiro atoms. The van der Waals surface area contributed by atoms with Crippen LogP contribution < -0.4 is 24.6 Å². The first kappa shape index (κ1) is 29.3. The van der Waals surface area contributed by atoms with Gasteiger partial charge in [-0.25, -0.2) is 0 Å². The molecule has 2 saturated carbocycles. The van der Waals surface area contributed by atoms with Crippen LogP contribution in [-0.4, -0.2) is 41.7 Å². The predicted molar refractivity (Wildman–Crippen MR) is 176 cm³/mol. The zero-order chi connectivity index (χ0) is 31.7. The Kier molecular flexibility index (Phi) is 7.23. The number of ether oxygens (including phenoxy) is 2. The number of rotatable bonds is 7. The van der Waals surface area contributed by atoms with Gasteiger partial charge in [-0.2, -0.15) is 0 Å². The number of carbonyl (C=O) groups is 3. The van der Waals surface area contributed by atoms with E-state index < -0.39 is 11.8 Å². The smallest absolute Gasteiger partial charge is 0.305 e. The molecule has 12 heteroatoms. The summed E-state index contributed by atoms with van der Waals surface area (Å²) in [6.07, 6.45) is 0.772. The summed E-state index contributed by atoms with van der Waals surface area (Å²) >= 11 is 8.78. The molecule has 3 aromatic carbocycles. The molecule has 1 saturated heterocycles. The third kappa shape index (κ3) is 4.66. The van der Waals surface area contributed by atoms with Gasteiger partial charge in [0.15, 0.2) is 6.61 Å².